The molecular formula is C19H14N2O3. The monoisotopic (exact) mass is 318 g/mol. The van der Waals surface area contributed by atoms with Crippen molar-refractivity contribution in [3.63, 3.8) is 0 Å². The van der Waals surface area contributed by atoms with E-state index in [0.717, 1.165) is 22.2 Å². The molecular weight excluding hydrogens is 304 g/mol. The summed E-state index contributed by atoms with van der Waals surface area (Å²) in [5.41, 5.74) is 3.48. The predicted molar refractivity (Wildman–Crippen MR) is 89.3 cm³/mol. The van der Waals surface area contributed by atoms with E-state index in [-0.39, 0.29) is 5.91 Å². The van der Waals surface area contributed by atoms with Crippen molar-refractivity contribution in [2.75, 3.05) is 0 Å². The molecule has 1 amide bonds. The highest BCUT2D eigenvalue weighted by Gasteiger charge is 2.09. The van der Waals surface area contributed by atoms with Gasteiger partial charge in [0.1, 0.15) is 5.52 Å². The highest BCUT2D eigenvalue weighted by molar-refractivity contribution is 5.91. The summed E-state index contributed by atoms with van der Waals surface area (Å²) in [5, 5.41) is 2.81. The number of oxazole rings is 1. The second kappa shape index (κ2) is 6.04. The molecule has 2 heterocycles. The lowest BCUT2D eigenvalue weighted by molar-refractivity contribution is 0.0923. The Balaban J connectivity index is 1.47. The number of nitrogens with one attached hydrogen (secondary N) is 1. The number of fused-ring (bicyclic) bond motifs is 1. The summed E-state index contributed by atoms with van der Waals surface area (Å²) in [5.74, 6) is 0.656. The molecule has 1 N–H and O–H groups in total. The Kier molecular flexibility index (Phi) is 3.59. The lowest BCUT2D eigenvalue weighted by Gasteiger charge is -2.04. The molecule has 0 aliphatic rings. The first-order chi connectivity index (χ1) is 11.8. The number of amides is 1. The molecule has 0 unspecified atom stereocenters. The Morgan fingerprint density at radius 2 is 1.83 bits per heavy atom. The van der Waals surface area contributed by atoms with Gasteiger partial charge in [0.25, 0.3) is 5.91 Å². The third-order valence-corrected chi connectivity index (χ3v) is 3.69. The summed E-state index contributed by atoms with van der Waals surface area (Å²) in [6, 6.07) is 18.7. The molecule has 0 spiro atoms. The van der Waals surface area contributed by atoms with Crippen molar-refractivity contribution in [3.8, 4) is 11.5 Å². The second-order valence-corrected chi connectivity index (χ2v) is 5.34. The van der Waals surface area contributed by atoms with Crippen LogP contribution in [0.25, 0.3) is 22.6 Å². The number of furan rings is 1. The van der Waals surface area contributed by atoms with Crippen molar-refractivity contribution in [2.24, 2.45) is 0 Å². The minimum Gasteiger partial charge on any atom is -0.459 e. The van der Waals surface area contributed by atoms with Crippen molar-refractivity contribution < 1.29 is 13.6 Å². The molecule has 0 aliphatic carbocycles. The van der Waals surface area contributed by atoms with Crippen LogP contribution >= 0.6 is 0 Å². The van der Waals surface area contributed by atoms with Crippen LogP contribution in [0.1, 0.15) is 16.1 Å². The Labute approximate surface area is 137 Å². The second-order valence-electron chi connectivity index (χ2n) is 5.34. The van der Waals surface area contributed by atoms with Crippen LogP contribution in [0.15, 0.2) is 75.8 Å². The smallest absolute Gasteiger partial charge is 0.287 e. The van der Waals surface area contributed by atoms with Crippen LogP contribution < -0.4 is 5.32 Å². The molecule has 0 atom stereocenters. The van der Waals surface area contributed by atoms with Crippen molar-refractivity contribution in [1.82, 2.24) is 10.3 Å². The van der Waals surface area contributed by atoms with Crippen molar-refractivity contribution in [2.45, 2.75) is 6.54 Å². The van der Waals surface area contributed by atoms with E-state index in [1.54, 1.807) is 12.1 Å². The van der Waals surface area contributed by atoms with Gasteiger partial charge in [-0.2, -0.15) is 0 Å². The lowest BCUT2D eigenvalue weighted by atomic mass is 10.1. The van der Waals surface area contributed by atoms with Gasteiger partial charge in [0.05, 0.1) is 6.26 Å². The average Bonchev–Trinajstić information content (AvgIpc) is 3.29. The molecule has 4 aromatic rings. The first-order valence-corrected chi connectivity index (χ1v) is 7.56. The molecule has 118 valence electrons. The quantitative estimate of drug-likeness (QED) is 0.617. The highest BCUT2D eigenvalue weighted by atomic mass is 16.3. The number of nitrogens with zero attached hydrogens (tertiary/aromatic N) is 1. The van der Waals surface area contributed by atoms with Crippen LogP contribution in [0, 0.1) is 0 Å². The van der Waals surface area contributed by atoms with E-state index >= 15 is 0 Å². The molecule has 2 aromatic heterocycles. The van der Waals surface area contributed by atoms with Gasteiger partial charge in [-0.05, 0) is 42.0 Å². The number of para-hydroxylation sites is 2. The van der Waals surface area contributed by atoms with Gasteiger partial charge in [-0.1, -0.05) is 24.3 Å². The van der Waals surface area contributed by atoms with Crippen LogP contribution in [0.2, 0.25) is 0 Å². The molecule has 0 saturated heterocycles. The van der Waals surface area contributed by atoms with E-state index in [1.165, 1.54) is 6.26 Å². The van der Waals surface area contributed by atoms with Gasteiger partial charge in [-0.3, -0.25) is 4.79 Å². The predicted octanol–water partition coefficient (Wildman–Crippen LogP) is 4.02. The summed E-state index contributed by atoms with van der Waals surface area (Å²) < 4.78 is 10.8. The van der Waals surface area contributed by atoms with Gasteiger partial charge in [0.15, 0.2) is 11.3 Å². The van der Waals surface area contributed by atoms with E-state index in [9.17, 15) is 4.79 Å². The number of carbonyl (C=O) groups is 1. The number of carbonyl (C=O) groups excluding carboxylic acids is 1. The Hall–Kier alpha value is -3.34. The summed E-state index contributed by atoms with van der Waals surface area (Å²) in [6.07, 6.45) is 1.48. The van der Waals surface area contributed by atoms with E-state index < -0.39 is 0 Å². The van der Waals surface area contributed by atoms with Crippen LogP contribution in [0.5, 0.6) is 0 Å². The van der Waals surface area contributed by atoms with Crippen LogP contribution in [-0.2, 0) is 6.54 Å². The lowest BCUT2D eigenvalue weighted by Crippen LogP contribution is -2.22. The summed E-state index contributed by atoms with van der Waals surface area (Å²) in [4.78, 5) is 16.3. The first kappa shape index (κ1) is 14.3. The topological polar surface area (TPSA) is 68.3 Å². The minimum atomic E-state index is -0.233. The molecule has 5 heteroatoms. The number of aromatic nitrogens is 1. The molecule has 5 nitrogen and oxygen atoms in total. The fourth-order valence-corrected chi connectivity index (χ4v) is 2.44. The molecule has 2 aromatic carbocycles. The highest BCUT2D eigenvalue weighted by Crippen LogP contribution is 2.24. The first-order valence-electron chi connectivity index (χ1n) is 7.56. The average molecular weight is 318 g/mol. The van der Waals surface area contributed by atoms with E-state index in [1.807, 2.05) is 48.5 Å². The zero-order valence-electron chi connectivity index (χ0n) is 12.7. The van der Waals surface area contributed by atoms with Crippen LogP contribution in [-0.4, -0.2) is 10.9 Å². The van der Waals surface area contributed by atoms with Gasteiger partial charge in [-0.25, -0.2) is 4.98 Å². The third kappa shape index (κ3) is 2.79. The number of hydrogen-bond donors (Lipinski definition) is 1. The number of hydrogen-bond acceptors (Lipinski definition) is 4. The van der Waals surface area contributed by atoms with E-state index in [0.29, 0.717) is 18.2 Å². The van der Waals surface area contributed by atoms with Crippen molar-refractivity contribution >= 4 is 17.0 Å². The maximum Gasteiger partial charge on any atom is 0.287 e. The molecule has 0 fully saturated rings. The van der Waals surface area contributed by atoms with Gasteiger partial charge < -0.3 is 14.2 Å². The van der Waals surface area contributed by atoms with Crippen molar-refractivity contribution in [3.05, 3.63) is 78.3 Å². The molecule has 0 radical (unpaired) electrons. The fraction of sp³-hybridized carbons (Fsp3) is 0.0526. The molecule has 0 bridgehead atoms. The minimum absolute atomic E-state index is 0.233. The fourth-order valence-electron chi connectivity index (χ4n) is 2.44. The third-order valence-electron chi connectivity index (χ3n) is 3.69. The largest absolute Gasteiger partial charge is 0.459 e. The Bertz CT molecular complexity index is 936. The van der Waals surface area contributed by atoms with Gasteiger partial charge in [0, 0.05) is 12.1 Å². The Morgan fingerprint density at radius 1 is 1.00 bits per heavy atom. The SMILES string of the molecule is O=C(NCc1ccc(-c2nc3ccccc3o2)cc1)c1ccco1. The number of rotatable bonds is 4. The summed E-state index contributed by atoms with van der Waals surface area (Å²) in [7, 11) is 0. The maximum absolute atomic E-state index is 11.8. The zero-order chi connectivity index (χ0) is 16.4. The zero-order valence-corrected chi connectivity index (χ0v) is 12.7. The summed E-state index contributed by atoms with van der Waals surface area (Å²) >= 11 is 0. The van der Waals surface area contributed by atoms with Gasteiger partial charge in [0.2, 0.25) is 5.89 Å². The molecule has 24 heavy (non-hydrogen) atoms. The normalized spacial score (nSPS) is 10.8. The number of benzene rings is 2. The molecule has 0 saturated carbocycles. The Morgan fingerprint density at radius 3 is 2.58 bits per heavy atom. The van der Waals surface area contributed by atoms with E-state index in [4.69, 9.17) is 8.83 Å². The van der Waals surface area contributed by atoms with Gasteiger partial charge in [-0.15, -0.1) is 0 Å². The van der Waals surface area contributed by atoms with Gasteiger partial charge >= 0.3 is 0 Å². The standard InChI is InChI=1S/C19H14N2O3/c22-18(17-6-3-11-23-17)20-12-13-7-9-14(10-8-13)19-21-15-4-1-2-5-16(15)24-19/h1-11H,12H2,(H,20,22). The van der Waals surface area contributed by atoms with Crippen LogP contribution in [0.3, 0.4) is 0 Å². The van der Waals surface area contributed by atoms with Crippen molar-refractivity contribution in [1.29, 1.82) is 0 Å². The molecule has 4 rings (SSSR count). The van der Waals surface area contributed by atoms with E-state index in [2.05, 4.69) is 10.3 Å². The molecule has 0 aliphatic heterocycles. The summed E-state index contributed by atoms with van der Waals surface area (Å²) in [6.45, 7) is 0.424. The van der Waals surface area contributed by atoms with Crippen LogP contribution in [0.4, 0.5) is 0 Å². The maximum atomic E-state index is 11.8.